The topological polar surface area (TPSA) is 29.9 Å². The first-order valence-corrected chi connectivity index (χ1v) is 7.46. The zero-order valence-electron chi connectivity index (χ0n) is 11.7. The third-order valence-corrected chi connectivity index (χ3v) is 4.12. The lowest BCUT2D eigenvalue weighted by molar-refractivity contribution is 0.625. The molecule has 0 saturated heterocycles. The molecule has 0 saturated carbocycles. The molecule has 0 aliphatic heterocycles. The lowest BCUT2D eigenvalue weighted by atomic mass is 10.00. The van der Waals surface area contributed by atoms with Crippen LogP contribution in [0.15, 0.2) is 35.1 Å². The molecule has 3 nitrogen and oxygen atoms in total. The first kappa shape index (κ1) is 14.3. The van der Waals surface area contributed by atoms with Gasteiger partial charge in [0.1, 0.15) is 0 Å². The van der Waals surface area contributed by atoms with Gasteiger partial charge >= 0.3 is 0 Å². The van der Waals surface area contributed by atoms with Gasteiger partial charge in [0.05, 0.1) is 12.2 Å². The van der Waals surface area contributed by atoms with E-state index >= 15 is 0 Å². The Kier molecular flexibility index (Phi) is 4.77. The predicted octanol–water partition coefficient (Wildman–Crippen LogP) is 3.67. The summed E-state index contributed by atoms with van der Waals surface area (Å²) in [6.07, 6.45) is 4.07. The van der Waals surface area contributed by atoms with E-state index in [1.54, 1.807) is 0 Å². The molecular formula is C15H20BrN3. The number of rotatable bonds is 5. The summed E-state index contributed by atoms with van der Waals surface area (Å²) < 4.78 is 3.11. The van der Waals surface area contributed by atoms with Crippen LogP contribution in [0.3, 0.4) is 0 Å². The summed E-state index contributed by atoms with van der Waals surface area (Å²) in [5, 5.41) is 7.90. The van der Waals surface area contributed by atoms with E-state index in [0.717, 1.165) is 17.6 Å². The van der Waals surface area contributed by atoms with Crippen molar-refractivity contribution < 1.29 is 0 Å². The summed E-state index contributed by atoms with van der Waals surface area (Å²) in [7, 11) is 0. The molecule has 0 fully saturated rings. The molecule has 19 heavy (non-hydrogen) atoms. The van der Waals surface area contributed by atoms with Crippen LogP contribution in [-0.2, 0) is 6.54 Å². The van der Waals surface area contributed by atoms with Crippen LogP contribution in [0.5, 0.6) is 0 Å². The summed E-state index contributed by atoms with van der Waals surface area (Å²) in [6, 6.07) is 6.70. The minimum atomic E-state index is 0.206. The maximum atomic E-state index is 4.37. The van der Waals surface area contributed by atoms with Crippen LogP contribution in [0, 0.1) is 6.92 Å². The minimum absolute atomic E-state index is 0.206. The first-order valence-electron chi connectivity index (χ1n) is 6.67. The van der Waals surface area contributed by atoms with Crippen molar-refractivity contribution in [1.29, 1.82) is 0 Å². The van der Waals surface area contributed by atoms with Gasteiger partial charge in [0.2, 0.25) is 0 Å². The second-order valence-corrected chi connectivity index (χ2v) is 5.48. The molecule has 102 valence electrons. The average Bonchev–Trinajstić information content (AvgIpc) is 2.88. The van der Waals surface area contributed by atoms with Gasteiger partial charge in [-0.3, -0.25) is 4.68 Å². The minimum Gasteiger partial charge on any atom is -0.306 e. The van der Waals surface area contributed by atoms with Gasteiger partial charge in [-0.2, -0.15) is 5.10 Å². The van der Waals surface area contributed by atoms with E-state index in [1.807, 2.05) is 10.9 Å². The van der Waals surface area contributed by atoms with E-state index in [0.29, 0.717) is 0 Å². The van der Waals surface area contributed by atoms with E-state index in [9.17, 15) is 0 Å². The van der Waals surface area contributed by atoms with Crippen molar-refractivity contribution in [2.24, 2.45) is 0 Å². The number of benzene rings is 1. The van der Waals surface area contributed by atoms with Crippen LogP contribution >= 0.6 is 15.9 Å². The van der Waals surface area contributed by atoms with E-state index in [-0.39, 0.29) is 6.04 Å². The summed E-state index contributed by atoms with van der Waals surface area (Å²) in [4.78, 5) is 0. The number of nitrogens with zero attached hydrogens (tertiary/aromatic N) is 2. The number of aryl methyl sites for hydroxylation is 2. The summed E-state index contributed by atoms with van der Waals surface area (Å²) >= 11 is 3.55. The Morgan fingerprint density at radius 1 is 1.32 bits per heavy atom. The van der Waals surface area contributed by atoms with E-state index in [4.69, 9.17) is 0 Å². The molecule has 0 spiro atoms. The number of aromatic nitrogens is 2. The van der Waals surface area contributed by atoms with Gasteiger partial charge in [-0.25, -0.2) is 0 Å². The van der Waals surface area contributed by atoms with Gasteiger partial charge in [0, 0.05) is 22.8 Å². The molecule has 1 heterocycles. The quantitative estimate of drug-likeness (QED) is 0.910. The maximum Gasteiger partial charge on any atom is 0.0607 e. The molecule has 4 heteroatoms. The molecule has 0 aliphatic rings. The Bertz CT molecular complexity index is 548. The van der Waals surface area contributed by atoms with Crippen LogP contribution in [0.25, 0.3) is 0 Å². The second-order valence-electron chi connectivity index (χ2n) is 4.63. The molecule has 1 N–H and O–H groups in total. The maximum absolute atomic E-state index is 4.37. The Morgan fingerprint density at radius 2 is 2.11 bits per heavy atom. The molecule has 0 bridgehead atoms. The summed E-state index contributed by atoms with van der Waals surface area (Å²) in [5.74, 6) is 0. The van der Waals surface area contributed by atoms with Crippen LogP contribution in [0.1, 0.15) is 36.6 Å². The summed E-state index contributed by atoms with van der Waals surface area (Å²) in [6.45, 7) is 8.17. The van der Waals surface area contributed by atoms with Gasteiger partial charge in [-0.05, 0) is 37.6 Å². The summed E-state index contributed by atoms with van der Waals surface area (Å²) in [5.41, 5.74) is 3.74. The lowest BCUT2D eigenvalue weighted by Crippen LogP contribution is -2.21. The highest BCUT2D eigenvalue weighted by Crippen LogP contribution is 2.25. The molecule has 2 rings (SSSR count). The highest BCUT2D eigenvalue weighted by molar-refractivity contribution is 9.10. The van der Waals surface area contributed by atoms with Crippen LogP contribution < -0.4 is 5.32 Å². The Labute approximate surface area is 123 Å². The fourth-order valence-electron chi connectivity index (χ4n) is 2.18. The Morgan fingerprint density at radius 3 is 2.68 bits per heavy atom. The Hall–Kier alpha value is -1.13. The van der Waals surface area contributed by atoms with Crippen LogP contribution in [0.4, 0.5) is 0 Å². The van der Waals surface area contributed by atoms with E-state index in [1.165, 1.54) is 16.7 Å². The molecule has 1 aromatic heterocycles. The molecular weight excluding hydrogens is 302 g/mol. The number of nitrogens with one attached hydrogen (secondary N) is 1. The van der Waals surface area contributed by atoms with Gasteiger partial charge in [0.15, 0.2) is 0 Å². The van der Waals surface area contributed by atoms with Gasteiger partial charge in [-0.15, -0.1) is 0 Å². The van der Waals surface area contributed by atoms with Crippen molar-refractivity contribution in [3.05, 3.63) is 51.8 Å². The number of hydrogen-bond donors (Lipinski definition) is 1. The van der Waals surface area contributed by atoms with E-state index in [2.05, 4.69) is 71.5 Å². The standard InChI is InChI=1S/C15H20BrN3/c1-4-17-15(13-9-18-19(5-2)10-13)12-6-7-14(16)11(3)8-12/h6-10,15,17H,4-5H2,1-3H3. The zero-order chi connectivity index (χ0) is 13.8. The van der Waals surface area contributed by atoms with Crippen molar-refractivity contribution in [3.63, 3.8) is 0 Å². The largest absolute Gasteiger partial charge is 0.306 e. The predicted molar refractivity (Wildman–Crippen MR) is 82.3 cm³/mol. The average molecular weight is 322 g/mol. The molecule has 1 aromatic carbocycles. The third kappa shape index (κ3) is 3.25. The van der Waals surface area contributed by atoms with Crippen LogP contribution in [0.2, 0.25) is 0 Å². The SMILES string of the molecule is CCNC(c1ccc(Br)c(C)c1)c1cnn(CC)c1. The normalized spacial score (nSPS) is 12.6. The molecule has 1 atom stereocenters. The molecule has 0 aliphatic carbocycles. The zero-order valence-corrected chi connectivity index (χ0v) is 13.2. The monoisotopic (exact) mass is 321 g/mol. The van der Waals surface area contributed by atoms with Gasteiger partial charge in [-0.1, -0.05) is 35.0 Å². The van der Waals surface area contributed by atoms with Gasteiger partial charge < -0.3 is 5.32 Å². The lowest BCUT2D eigenvalue weighted by Gasteiger charge is -2.18. The molecule has 0 radical (unpaired) electrons. The first-order chi connectivity index (χ1) is 9.15. The highest BCUT2D eigenvalue weighted by Gasteiger charge is 2.15. The van der Waals surface area contributed by atoms with Crippen molar-refractivity contribution in [2.75, 3.05) is 6.54 Å². The fourth-order valence-corrected chi connectivity index (χ4v) is 2.43. The van der Waals surface area contributed by atoms with Crippen molar-refractivity contribution >= 4 is 15.9 Å². The number of halogens is 1. The smallest absolute Gasteiger partial charge is 0.0607 e. The molecule has 0 amide bonds. The Balaban J connectivity index is 2.35. The fraction of sp³-hybridized carbons (Fsp3) is 0.400. The second kappa shape index (κ2) is 6.35. The number of hydrogen-bond acceptors (Lipinski definition) is 2. The molecule has 1 unspecified atom stereocenters. The highest BCUT2D eigenvalue weighted by atomic mass is 79.9. The van der Waals surface area contributed by atoms with E-state index < -0.39 is 0 Å². The van der Waals surface area contributed by atoms with Crippen molar-refractivity contribution in [3.8, 4) is 0 Å². The van der Waals surface area contributed by atoms with Crippen molar-refractivity contribution in [2.45, 2.75) is 33.4 Å². The van der Waals surface area contributed by atoms with Crippen LogP contribution in [-0.4, -0.2) is 16.3 Å². The van der Waals surface area contributed by atoms with Gasteiger partial charge in [0.25, 0.3) is 0 Å². The third-order valence-electron chi connectivity index (χ3n) is 3.23. The van der Waals surface area contributed by atoms with Crippen molar-refractivity contribution in [1.82, 2.24) is 15.1 Å². The molecule has 2 aromatic rings.